The predicted octanol–water partition coefficient (Wildman–Crippen LogP) is 3.58. The molecule has 0 aliphatic carbocycles. The Bertz CT molecular complexity index is 1370. The second kappa shape index (κ2) is 11.4. The van der Waals surface area contributed by atoms with Crippen LogP contribution in [0.15, 0.2) is 66.0 Å². The molecule has 5 rings (SSSR count). The number of para-hydroxylation sites is 1. The molecule has 10 heteroatoms. The number of nitrogens with zero attached hydrogens (tertiary/aromatic N) is 1. The number of nitrogens with one attached hydrogen (secondary N) is 3. The van der Waals surface area contributed by atoms with Gasteiger partial charge in [0.2, 0.25) is 11.8 Å². The molecule has 0 unspecified atom stereocenters. The molecule has 2 fully saturated rings. The van der Waals surface area contributed by atoms with Gasteiger partial charge in [-0.1, -0.05) is 44.2 Å². The molecular weight excluding hydrogens is 526 g/mol. The van der Waals surface area contributed by atoms with Gasteiger partial charge in [0.15, 0.2) is 0 Å². The number of hydrogen-bond donors (Lipinski definition) is 4. The lowest BCUT2D eigenvalue weighted by molar-refractivity contribution is -0.139. The van der Waals surface area contributed by atoms with Crippen LogP contribution in [0.5, 0.6) is 11.5 Å². The molecule has 2 aliphatic rings. The number of hydrogen-bond acceptors (Lipinski definition) is 7. The van der Waals surface area contributed by atoms with Gasteiger partial charge in [0.1, 0.15) is 23.4 Å². The summed E-state index contributed by atoms with van der Waals surface area (Å²) in [6.45, 7) is 6.00. The molecule has 0 radical (unpaired) electrons. The largest absolute Gasteiger partial charge is 0.457 e. The minimum atomic E-state index is -0.542. The number of amidine groups is 1. The Morgan fingerprint density at radius 2 is 1.82 bits per heavy atom. The van der Waals surface area contributed by atoms with Crippen LogP contribution in [-0.2, 0) is 26.4 Å². The fraction of sp³-hybridized carbons (Fsp3) is 0.367. The summed E-state index contributed by atoms with van der Waals surface area (Å²) >= 11 is 1.44. The minimum Gasteiger partial charge on any atom is -0.457 e. The van der Waals surface area contributed by atoms with Crippen molar-refractivity contribution in [2.24, 2.45) is 11.1 Å². The number of ether oxygens (including phenoxy) is 2. The highest BCUT2D eigenvalue weighted by molar-refractivity contribution is 7.10. The van der Waals surface area contributed by atoms with Crippen molar-refractivity contribution >= 4 is 29.0 Å². The Morgan fingerprint density at radius 3 is 2.45 bits per heavy atom. The fourth-order valence-corrected chi connectivity index (χ4v) is 5.99. The third-order valence-corrected chi connectivity index (χ3v) is 8.34. The van der Waals surface area contributed by atoms with Gasteiger partial charge >= 0.3 is 0 Å². The van der Waals surface area contributed by atoms with E-state index in [1.807, 2.05) is 54.6 Å². The van der Waals surface area contributed by atoms with Gasteiger partial charge in [-0.2, -0.15) is 0 Å². The van der Waals surface area contributed by atoms with Crippen LogP contribution in [0.25, 0.3) is 0 Å². The molecule has 2 amide bonds. The van der Waals surface area contributed by atoms with Crippen molar-refractivity contribution < 1.29 is 19.1 Å². The molecule has 5 N–H and O–H groups in total. The molecule has 40 heavy (non-hydrogen) atoms. The molecule has 2 aliphatic heterocycles. The normalized spacial score (nSPS) is 19.1. The minimum absolute atomic E-state index is 0.00161. The van der Waals surface area contributed by atoms with Crippen LogP contribution in [0, 0.1) is 10.8 Å². The summed E-state index contributed by atoms with van der Waals surface area (Å²) in [4.78, 5) is 29.3. The lowest BCUT2D eigenvalue weighted by Gasteiger charge is -2.43. The maximum Gasteiger partial charge on any atom is 0.243 e. The van der Waals surface area contributed by atoms with Gasteiger partial charge in [0.05, 0.1) is 31.8 Å². The number of carbonyl (C=O) groups excluding carboxylic acids is 2. The summed E-state index contributed by atoms with van der Waals surface area (Å²) in [6, 6.07) is 18.7. The molecule has 0 saturated carbocycles. The Labute approximate surface area is 238 Å². The van der Waals surface area contributed by atoms with E-state index in [1.54, 1.807) is 16.3 Å². The first-order valence-corrected chi connectivity index (χ1v) is 14.2. The van der Waals surface area contributed by atoms with E-state index < -0.39 is 11.6 Å². The quantitative estimate of drug-likeness (QED) is 0.221. The van der Waals surface area contributed by atoms with Crippen molar-refractivity contribution in [3.05, 3.63) is 82.0 Å². The SMILES string of the molecule is CC1(C)C[C@@H](C(=O)NCc2cc(C(=N)N)cs2)N(C(=O)CNC2(c3ccc(Oc4ccccc4)cc3)COC2)C1. The average molecular weight is 562 g/mol. The van der Waals surface area contributed by atoms with E-state index in [2.05, 4.69) is 24.5 Å². The lowest BCUT2D eigenvalue weighted by Crippen LogP contribution is -2.60. The topological polar surface area (TPSA) is 130 Å². The molecule has 1 aromatic heterocycles. The Hall–Kier alpha value is -3.73. The van der Waals surface area contributed by atoms with Crippen molar-refractivity contribution in [2.75, 3.05) is 26.3 Å². The van der Waals surface area contributed by atoms with Gasteiger partial charge < -0.3 is 25.4 Å². The monoisotopic (exact) mass is 561 g/mol. The van der Waals surface area contributed by atoms with Gasteiger partial charge in [-0.05, 0) is 47.7 Å². The van der Waals surface area contributed by atoms with Crippen LogP contribution in [0.1, 0.15) is 36.3 Å². The van der Waals surface area contributed by atoms with Crippen molar-refractivity contribution in [1.29, 1.82) is 5.41 Å². The van der Waals surface area contributed by atoms with E-state index in [0.29, 0.717) is 38.3 Å². The van der Waals surface area contributed by atoms with Crippen LogP contribution in [-0.4, -0.2) is 54.9 Å². The van der Waals surface area contributed by atoms with Gasteiger partial charge in [0.25, 0.3) is 0 Å². The smallest absolute Gasteiger partial charge is 0.243 e. The standard InChI is InChI=1S/C30H35N5O4S/c1-29(2)13-25(28(37)33-14-24-12-20(16-40-24)27(31)32)35(17-29)26(36)15-34-30(18-38-19-30)21-8-10-23(11-9-21)39-22-6-4-3-5-7-22/h3-12,16,25,34H,13-15,17-19H2,1-2H3,(H3,31,32)(H,33,37)/t25-/m0/s1. The third-order valence-electron chi connectivity index (χ3n) is 7.41. The molecule has 0 spiro atoms. The Kier molecular flexibility index (Phi) is 7.93. The number of thiophene rings is 1. The van der Waals surface area contributed by atoms with Gasteiger partial charge in [0, 0.05) is 22.4 Å². The highest BCUT2D eigenvalue weighted by atomic mass is 32.1. The second-order valence-corrected chi connectivity index (χ2v) is 12.2. The zero-order valence-corrected chi connectivity index (χ0v) is 23.6. The molecule has 0 bridgehead atoms. The number of carbonyl (C=O) groups is 2. The highest BCUT2D eigenvalue weighted by Crippen LogP contribution is 2.35. The molecule has 2 aromatic carbocycles. The van der Waals surface area contributed by atoms with Crippen LogP contribution in [0.2, 0.25) is 0 Å². The number of amides is 2. The molecule has 9 nitrogen and oxygen atoms in total. The van der Waals surface area contributed by atoms with E-state index in [1.165, 1.54) is 11.3 Å². The zero-order chi connectivity index (χ0) is 28.3. The van der Waals surface area contributed by atoms with Crippen LogP contribution < -0.4 is 21.1 Å². The average Bonchev–Trinajstić information content (AvgIpc) is 3.52. The first-order chi connectivity index (χ1) is 19.1. The number of likely N-dealkylation sites (tertiary alicyclic amines) is 1. The van der Waals surface area contributed by atoms with E-state index in [9.17, 15) is 9.59 Å². The third kappa shape index (κ3) is 6.19. The lowest BCUT2D eigenvalue weighted by atomic mass is 9.88. The van der Waals surface area contributed by atoms with Crippen molar-refractivity contribution in [2.45, 2.75) is 38.4 Å². The first-order valence-electron chi connectivity index (χ1n) is 13.3. The van der Waals surface area contributed by atoms with E-state index >= 15 is 0 Å². The van der Waals surface area contributed by atoms with Crippen molar-refractivity contribution in [3.8, 4) is 11.5 Å². The number of benzene rings is 2. The number of rotatable bonds is 10. The van der Waals surface area contributed by atoms with E-state index in [4.69, 9.17) is 20.6 Å². The molecule has 3 aromatic rings. The predicted molar refractivity (Wildman–Crippen MR) is 155 cm³/mol. The summed E-state index contributed by atoms with van der Waals surface area (Å²) in [7, 11) is 0. The van der Waals surface area contributed by atoms with Gasteiger partial charge in [-0.15, -0.1) is 11.3 Å². The fourth-order valence-electron chi connectivity index (χ4n) is 5.16. The summed E-state index contributed by atoms with van der Waals surface area (Å²) in [6.07, 6.45) is 0.588. The zero-order valence-electron chi connectivity index (χ0n) is 22.7. The van der Waals surface area contributed by atoms with E-state index in [-0.39, 0.29) is 29.6 Å². The number of nitrogen functional groups attached to an aromatic ring is 1. The summed E-state index contributed by atoms with van der Waals surface area (Å²) in [5.41, 5.74) is 6.57. The molecule has 3 heterocycles. The number of nitrogens with two attached hydrogens (primary N) is 1. The molecule has 210 valence electrons. The highest BCUT2D eigenvalue weighted by Gasteiger charge is 2.45. The van der Waals surface area contributed by atoms with E-state index in [0.717, 1.165) is 21.9 Å². The van der Waals surface area contributed by atoms with Gasteiger partial charge in [-0.25, -0.2) is 0 Å². The van der Waals surface area contributed by atoms with Crippen LogP contribution >= 0.6 is 11.3 Å². The Morgan fingerprint density at radius 1 is 1.12 bits per heavy atom. The summed E-state index contributed by atoms with van der Waals surface area (Å²) in [5.74, 6) is 1.21. The molecule has 2 saturated heterocycles. The van der Waals surface area contributed by atoms with Crippen LogP contribution in [0.4, 0.5) is 0 Å². The molecular formula is C30H35N5O4S. The van der Waals surface area contributed by atoms with Crippen LogP contribution in [0.3, 0.4) is 0 Å². The maximum absolute atomic E-state index is 13.5. The Balaban J connectivity index is 1.20. The second-order valence-electron chi connectivity index (χ2n) is 11.2. The van der Waals surface area contributed by atoms with Crippen molar-refractivity contribution in [1.82, 2.24) is 15.5 Å². The van der Waals surface area contributed by atoms with Crippen molar-refractivity contribution in [3.63, 3.8) is 0 Å². The van der Waals surface area contributed by atoms with Gasteiger partial charge in [-0.3, -0.25) is 20.3 Å². The summed E-state index contributed by atoms with van der Waals surface area (Å²) in [5, 5.41) is 15.8. The summed E-state index contributed by atoms with van der Waals surface area (Å²) < 4.78 is 11.5. The maximum atomic E-state index is 13.5. The molecule has 1 atom stereocenters. The first kappa shape index (κ1) is 27.8.